The largest absolute Gasteiger partial charge is 0.462 e. The molecule has 0 rings (SSSR count). The molecule has 0 aromatic rings. The van der Waals surface area contributed by atoms with Crippen LogP contribution in [0.1, 0.15) is 12.8 Å². The number of nitrogens with two attached hydrogens (primary N) is 1. The van der Waals surface area contributed by atoms with Gasteiger partial charge in [0.2, 0.25) is 5.91 Å². The van der Waals surface area contributed by atoms with Crippen LogP contribution in [0.2, 0.25) is 0 Å². The molecule has 0 aliphatic heterocycles. The van der Waals surface area contributed by atoms with Gasteiger partial charge in [-0.1, -0.05) is 0 Å². The second-order valence-electron chi connectivity index (χ2n) is 2.96. The number of ketones is 1. The molecular weight excluding hydrogens is 216 g/mol. The molecule has 0 saturated carbocycles. The zero-order chi connectivity index (χ0) is 12.4. The van der Waals surface area contributed by atoms with Crippen molar-refractivity contribution in [2.45, 2.75) is 12.8 Å². The number of nitrogens with one attached hydrogen (secondary N) is 1. The van der Waals surface area contributed by atoms with Crippen molar-refractivity contribution in [2.24, 2.45) is 5.73 Å². The van der Waals surface area contributed by atoms with E-state index in [1.54, 1.807) is 0 Å². The van der Waals surface area contributed by atoms with Crippen molar-refractivity contribution >= 4 is 17.7 Å². The van der Waals surface area contributed by atoms with Crippen LogP contribution in [-0.2, 0) is 19.1 Å². The molecule has 16 heavy (non-hydrogen) atoms. The molecule has 0 spiro atoms. The van der Waals surface area contributed by atoms with Crippen molar-refractivity contribution < 1.29 is 24.2 Å². The Morgan fingerprint density at radius 3 is 2.50 bits per heavy atom. The predicted molar refractivity (Wildman–Crippen MR) is 54.3 cm³/mol. The van der Waals surface area contributed by atoms with Crippen LogP contribution >= 0.6 is 0 Å². The van der Waals surface area contributed by atoms with E-state index in [0.717, 1.165) is 0 Å². The van der Waals surface area contributed by atoms with E-state index in [2.05, 4.69) is 10.1 Å². The Morgan fingerprint density at radius 1 is 1.25 bits per heavy atom. The number of hydrogen-bond acceptors (Lipinski definition) is 6. The van der Waals surface area contributed by atoms with Gasteiger partial charge in [0.15, 0.2) is 0 Å². The zero-order valence-corrected chi connectivity index (χ0v) is 8.90. The monoisotopic (exact) mass is 232 g/mol. The summed E-state index contributed by atoms with van der Waals surface area (Å²) in [6, 6.07) is 0. The van der Waals surface area contributed by atoms with Crippen molar-refractivity contribution in [3.05, 3.63) is 0 Å². The minimum atomic E-state index is -0.632. The normalized spacial score (nSPS) is 9.62. The van der Waals surface area contributed by atoms with E-state index in [1.165, 1.54) is 0 Å². The third-order valence-corrected chi connectivity index (χ3v) is 1.64. The Kier molecular flexibility index (Phi) is 8.00. The highest BCUT2D eigenvalue weighted by Crippen LogP contribution is 1.89. The van der Waals surface area contributed by atoms with Crippen molar-refractivity contribution in [1.82, 2.24) is 5.32 Å². The lowest BCUT2D eigenvalue weighted by Gasteiger charge is -2.04. The van der Waals surface area contributed by atoms with Crippen LogP contribution in [0.3, 0.4) is 0 Å². The smallest absolute Gasteiger partial charge is 0.325 e. The van der Waals surface area contributed by atoms with Gasteiger partial charge in [-0.25, -0.2) is 0 Å². The van der Waals surface area contributed by atoms with E-state index in [-0.39, 0.29) is 44.9 Å². The van der Waals surface area contributed by atoms with E-state index in [0.29, 0.717) is 0 Å². The summed E-state index contributed by atoms with van der Waals surface area (Å²) in [5.74, 6) is -1.26. The number of carbonyl (C=O) groups excluding carboxylic acids is 3. The molecule has 7 nitrogen and oxygen atoms in total. The Bertz CT molecular complexity index is 254. The highest BCUT2D eigenvalue weighted by atomic mass is 16.5. The van der Waals surface area contributed by atoms with Crippen LogP contribution < -0.4 is 11.1 Å². The van der Waals surface area contributed by atoms with Gasteiger partial charge in [-0.05, 0) is 0 Å². The van der Waals surface area contributed by atoms with Crippen molar-refractivity contribution in [3.8, 4) is 0 Å². The average molecular weight is 232 g/mol. The minimum Gasteiger partial charge on any atom is -0.462 e. The number of rotatable bonds is 8. The summed E-state index contributed by atoms with van der Waals surface area (Å²) in [5, 5.41) is 10.6. The third-order valence-electron chi connectivity index (χ3n) is 1.64. The molecule has 0 unspecified atom stereocenters. The first-order valence-electron chi connectivity index (χ1n) is 4.85. The molecule has 0 radical (unpaired) electrons. The number of amides is 1. The van der Waals surface area contributed by atoms with E-state index in [1.807, 2.05) is 0 Å². The third kappa shape index (κ3) is 7.89. The minimum absolute atomic E-state index is 0.00329. The number of carbonyl (C=O) groups is 3. The topological polar surface area (TPSA) is 119 Å². The van der Waals surface area contributed by atoms with Gasteiger partial charge in [-0.15, -0.1) is 0 Å². The van der Waals surface area contributed by atoms with Crippen LogP contribution in [0.5, 0.6) is 0 Å². The summed E-state index contributed by atoms with van der Waals surface area (Å²) in [7, 11) is 0. The standard InChI is InChI=1S/C9H16N2O5/c10-5-7(13)1-2-8(14)11-6-9(15)16-4-3-12/h12H,1-6,10H2,(H,11,14). The predicted octanol–water partition coefficient (Wildman–Crippen LogP) is -2.05. The molecule has 0 fully saturated rings. The molecule has 92 valence electrons. The lowest BCUT2D eigenvalue weighted by atomic mass is 10.2. The van der Waals surface area contributed by atoms with Gasteiger partial charge in [0.1, 0.15) is 18.9 Å². The zero-order valence-electron chi connectivity index (χ0n) is 8.90. The van der Waals surface area contributed by atoms with Crippen LogP contribution in [0.4, 0.5) is 0 Å². The second kappa shape index (κ2) is 8.81. The van der Waals surface area contributed by atoms with E-state index >= 15 is 0 Å². The molecule has 4 N–H and O–H groups in total. The number of aliphatic hydroxyl groups excluding tert-OH is 1. The fourth-order valence-corrected chi connectivity index (χ4v) is 0.825. The SMILES string of the molecule is NCC(=O)CCC(=O)NCC(=O)OCCO. The summed E-state index contributed by atoms with van der Waals surface area (Å²) in [6.45, 7) is -0.716. The fraction of sp³-hybridized carbons (Fsp3) is 0.667. The summed E-state index contributed by atoms with van der Waals surface area (Å²) < 4.78 is 4.50. The molecule has 1 amide bonds. The number of ether oxygens (including phenoxy) is 1. The molecule has 0 heterocycles. The maximum Gasteiger partial charge on any atom is 0.325 e. The summed E-state index contributed by atoms with van der Waals surface area (Å²) in [4.78, 5) is 32.7. The van der Waals surface area contributed by atoms with Gasteiger partial charge in [0.05, 0.1) is 13.2 Å². The second-order valence-corrected chi connectivity index (χ2v) is 2.96. The Balaban J connectivity index is 3.57. The van der Waals surface area contributed by atoms with Gasteiger partial charge in [-0.2, -0.15) is 0 Å². The van der Waals surface area contributed by atoms with E-state index < -0.39 is 11.9 Å². The Hall–Kier alpha value is -1.47. The molecule has 0 aromatic carbocycles. The first-order chi connectivity index (χ1) is 7.60. The van der Waals surface area contributed by atoms with Gasteiger partial charge >= 0.3 is 5.97 Å². The Morgan fingerprint density at radius 2 is 1.94 bits per heavy atom. The first kappa shape index (κ1) is 14.5. The van der Waals surface area contributed by atoms with E-state index in [9.17, 15) is 14.4 Å². The Labute approximate surface area is 92.9 Å². The summed E-state index contributed by atoms with van der Waals surface area (Å²) in [5.41, 5.74) is 5.06. The molecule has 0 bridgehead atoms. The highest BCUT2D eigenvalue weighted by molar-refractivity contribution is 5.87. The molecule has 0 atom stereocenters. The molecule has 0 aliphatic carbocycles. The molecule has 0 saturated heterocycles. The quantitative estimate of drug-likeness (QED) is 0.414. The lowest BCUT2D eigenvalue weighted by molar-refractivity contribution is -0.144. The average Bonchev–Trinajstić information content (AvgIpc) is 2.30. The molecule has 0 aromatic heterocycles. The molecule has 7 heteroatoms. The van der Waals surface area contributed by atoms with Crippen molar-refractivity contribution in [1.29, 1.82) is 0 Å². The molecule has 0 aliphatic rings. The first-order valence-corrected chi connectivity index (χ1v) is 4.85. The maximum atomic E-state index is 11.1. The van der Waals surface area contributed by atoms with Crippen LogP contribution in [0, 0.1) is 0 Å². The number of esters is 1. The number of aliphatic hydroxyl groups is 1. The van der Waals surface area contributed by atoms with Gasteiger partial charge in [-0.3, -0.25) is 14.4 Å². The lowest BCUT2D eigenvalue weighted by Crippen LogP contribution is -2.31. The highest BCUT2D eigenvalue weighted by Gasteiger charge is 2.08. The van der Waals surface area contributed by atoms with Crippen molar-refractivity contribution in [2.75, 3.05) is 26.3 Å². The van der Waals surface area contributed by atoms with Gasteiger partial charge in [0.25, 0.3) is 0 Å². The summed E-state index contributed by atoms with van der Waals surface area (Å²) in [6.07, 6.45) is 0.0668. The number of hydrogen-bond donors (Lipinski definition) is 3. The molecular formula is C9H16N2O5. The van der Waals surface area contributed by atoms with Crippen LogP contribution in [0.25, 0.3) is 0 Å². The van der Waals surface area contributed by atoms with E-state index in [4.69, 9.17) is 10.8 Å². The van der Waals surface area contributed by atoms with Gasteiger partial charge in [0, 0.05) is 12.8 Å². The van der Waals surface area contributed by atoms with Crippen LogP contribution in [0.15, 0.2) is 0 Å². The fourth-order valence-electron chi connectivity index (χ4n) is 0.825. The maximum absolute atomic E-state index is 11.1. The summed E-state index contributed by atoms with van der Waals surface area (Å²) >= 11 is 0. The van der Waals surface area contributed by atoms with Gasteiger partial charge < -0.3 is 20.9 Å². The van der Waals surface area contributed by atoms with Crippen molar-refractivity contribution in [3.63, 3.8) is 0 Å². The number of Topliss-reactive ketones (excluding diaryl/α,β-unsaturated/α-hetero) is 1. The van der Waals surface area contributed by atoms with Crippen LogP contribution in [-0.4, -0.2) is 49.1 Å².